The molecule has 1 amide bonds. The number of hydrogen-bond donors (Lipinski definition) is 2. The number of aromatic nitrogens is 1. The van der Waals surface area contributed by atoms with Crippen molar-refractivity contribution in [1.29, 1.82) is 0 Å². The summed E-state index contributed by atoms with van der Waals surface area (Å²) in [6.45, 7) is 0. The summed E-state index contributed by atoms with van der Waals surface area (Å²) in [5.41, 5.74) is 2.44. The smallest absolute Gasteiger partial charge is 0.235 e. The van der Waals surface area contributed by atoms with E-state index in [1.54, 1.807) is 7.11 Å². The van der Waals surface area contributed by atoms with Gasteiger partial charge in [-0.3, -0.25) is 4.79 Å². The lowest BCUT2D eigenvalue weighted by atomic mass is 9.94. The van der Waals surface area contributed by atoms with Crippen molar-refractivity contribution in [1.82, 2.24) is 4.98 Å². The van der Waals surface area contributed by atoms with Gasteiger partial charge in [-0.2, -0.15) is 0 Å². The number of hydrogen-bond acceptors (Lipinski definition) is 2. The molecule has 1 aliphatic carbocycles. The van der Waals surface area contributed by atoms with Crippen LogP contribution in [0.5, 0.6) is 5.75 Å². The molecule has 1 heterocycles. The standard InChI is InChI=1S/C19H18N2O2/c1-23-17-9-5-4-8-16(17)21-18(22)19(10-11-19)14-12-20-15-7-3-2-6-13(14)15/h2-9,12,20H,10-11H2,1H3,(H,21,22). The first kappa shape index (κ1) is 13.9. The second-order valence-electron chi connectivity index (χ2n) is 5.98. The molecule has 0 bridgehead atoms. The van der Waals surface area contributed by atoms with Crippen LogP contribution in [-0.4, -0.2) is 18.0 Å². The van der Waals surface area contributed by atoms with Crippen LogP contribution < -0.4 is 10.1 Å². The summed E-state index contributed by atoms with van der Waals surface area (Å²) in [5, 5.41) is 4.16. The topological polar surface area (TPSA) is 54.1 Å². The van der Waals surface area contributed by atoms with Crippen molar-refractivity contribution < 1.29 is 9.53 Å². The number of amides is 1. The molecule has 1 fully saturated rings. The molecule has 0 aliphatic heterocycles. The molecule has 0 saturated heterocycles. The van der Waals surface area contributed by atoms with E-state index in [9.17, 15) is 4.79 Å². The second kappa shape index (κ2) is 5.16. The van der Waals surface area contributed by atoms with E-state index in [-0.39, 0.29) is 5.91 Å². The minimum Gasteiger partial charge on any atom is -0.495 e. The molecule has 1 saturated carbocycles. The van der Waals surface area contributed by atoms with Gasteiger partial charge < -0.3 is 15.0 Å². The van der Waals surface area contributed by atoms with Crippen LogP contribution >= 0.6 is 0 Å². The monoisotopic (exact) mass is 306 g/mol. The highest BCUT2D eigenvalue weighted by Gasteiger charge is 2.52. The van der Waals surface area contributed by atoms with Gasteiger partial charge in [-0.1, -0.05) is 30.3 Å². The van der Waals surface area contributed by atoms with Gasteiger partial charge in [-0.05, 0) is 36.6 Å². The van der Waals surface area contributed by atoms with E-state index >= 15 is 0 Å². The van der Waals surface area contributed by atoms with Gasteiger partial charge in [0.1, 0.15) is 5.75 Å². The third-order valence-electron chi connectivity index (χ3n) is 4.64. The highest BCUT2D eigenvalue weighted by Crippen LogP contribution is 2.51. The van der Waals surface area contributed by atoms with Crippen molar-refractivity contribution in [3.8, 4) is 5.75 Å². The highest BCUT2D eigenvalue weighted by atomic mass is 16.5. The van der Waals surface area contributed by atoms with Crippen molar-refractivity contribution in [2.24, 2.45) is 0 Å². The predicted octanol–water partition coefficient (Wildman–Crippen LogP) is 3.85. The molecule has 2 N–H and O–H groups in total. The van der Waals surface area contributed by atoms with E-state index in [0.717, 1.165) is 29.3 Å². The summed E-state index contributed by atoms with van der Waals surface area (Å²) < 4.78 is 5.32. The van der Waals surface area contributed by atoms with Crippen molar-refractivity contribution in [2.45, 2.75) is 18.3 Å². The number of anilines is 1. The Kier molecular flexibility index (Phi) is 3.11. The molecule has 4 heteroatoms. The third kappa shape index (κ3) is 2.18. The number of fused-ring (bicyclic) bond motifs is 1. The molecular weight excluding hydrogens is 288 g/mol. The quantitative estimate of drug-likeness (QED) is 0.769. The molecule has 0 radical (unpaired) electrons. The Balaban J connectivity index is 1.68. The third-order valence-corrected chi connectivity index (χ3v) is 4.64. The Morgan fingerprint density at radius 3 is 2.65 bits per heavy atom. The Hall–Kier alpha value is -2.75. The average Bonchev–Trinajstić information content (AvgIpc) is 3.28. The Morgan fingerprint density at radius 1 is 1.13 bits per heavy atom. The maximum Gasteiger partial charge on any atom is 0.235 e. The van der Waals surface area contributed by atoms with Gasteiger partial charge in [0.15, 0.2) is 0 Å². The molecule has 2 aromatic carbocycles. The zero-order valence-electron chi connectivity index (χ0n) is 12.9. The van der Waals surface area contributed by atoms with Gasteiger partial charge >= 0.3 is 0 Å². The number of carbonyl (C=O) groups excluding carboxylic acids is 1. The first-order chi connectivity index (χ1) is 11.2. The number of rotatable bonds is 4. The van der Waals surface area contributed by atoms with Crippen LogP contribution in [-0.2, 0) is 10.2 Å². The van der Waals surface area contributed by atoms with Crippen molar-refractivity contribution in [2.75, 3.05) is 12.4 Å². The SMILES string of the molecule is COc1ccccc1NC(=O)C1(c2c[nH]c3ccccc23)CC1. The van der Waals surface area contributed by atoms with Crippen LogP contribution in [0, 0.1) is 0 Å². The lowest BCUT2D eigenvalue weighted by molar-refractivity contribution is -0.118. The van der Waals surface area contributed by atoms with Crippen LogP contribution in [0.2, 0.25) is 0 Å². The molecule has 3 aromatic rings. The molecule has 0 spiro atoms. The molecule has 1 aromatic heterocycles. The van der Waals surface area contributed by atoms with Gasteiger partial charge in [0, 0.05) is 17.1 Å². The summed E-state index contributed by atoms with van der Waals surface area (Å²) in [7, 11) is 1.61. The molecular formula is C19H18N2O2. The highest BCUT2D eigenvalue weighted by molar-refractivity contribution is 6.05. The average molecular weight is 306 g/mol. The molecule has 0 unspecified atom stereocenters. The summed E-state index contributed by atoms with van der Waals surface area (Å²) in [6.07, 6.45) is 3.71. The Morgan fingerprint density at radius 2 is 1.87 bits per heavy atom. The summed E-state index contributed by atoms with van der Waals surface area (Å²) in [5.74, 6) is 0.710. The first-order valence-corrected chi connectivity index (χ1v) is 7.76. The molecule has 116 valence electrons. The van der Waals surface area contributed by atoms with Crippen LogP contribution in [0.25, 0.3) is 10.9 Å². The van der Waals surface area contributed by atoms with E-state index in [4.69, 9.17) is 4.74 Å². The van der Waals surface area contributed by atoms with Crippen LogP contribution in [0.15, 0.2) is 54.7 Å². The Bertz CT molecular complexity index is 878. The fourth-order valence-electron chi connectivity index (χ4n) is 3.20. The Labute approximate surface area is 134 Å². The zero-order valence-corrected chi connectivity index (χ0v) is 12.9. The summed E-state index contributed by atoms with van der Waals surface area (Å²) in [4.78, 5) is 16.2. The van der Waals surface area contributed by atoms with Crippen LogP contribution in [0.4, 0.5) is 5.69 Å². The van der Waals surface area contributed by atoms with E-state index < -0.39 is 5.41 Å². The lowest BCUT2D eigenvalue weighted by Gasteiger charge is -2.16. The summed E-state index contributed by atoms with van der Waals surface area (Å²) in [6, 6.07) is 15.6. The number of para-hydroxylation sites is 3. The molecule has 4 rings (SSSR count). The van der Waals surface area contributed by atoms with Crippen molar-refractivity contribution in [3.05, 3.63) is 60.3 Å². The van der Waals surface area contributed by atoms with E-state index in [2.05, 4.69) is 16.4 Å². The number of ether oxygens (including phenoxy) is 1. The fraction of sp³-hybridized carbons (Fsp3) is 0.211. The molecule has 4 nitrogen and oxygen atoms in total. The maximum absolute atomic E-state index is 12.9. The normalized spacial score (nSPS) is 15.3. The minimum atomic E-state index is -0.430. The van der Waals surface area contributed by atoms with Crippen molar-refractivity contribution >= 4 is 22.5 Å². The zero-order chi connectivity index (χ0) is 15.9. The van der Waals surface area contributed by atoms with Crippen LogP contribution in [0.1, 0.15) is 18.4 Å². The van der Waals surface area contributed by atoms with Gasteiger partial charge in [0.05, 0.1) is 18.2 Å². The fourth-order valence-corrected chi connectivity index (χ4v) is 3.20. The molecule has 1 aliphatic rings. The number of H-pyrrole nitrogens is 1. The van der Waals surface area contributed by atoms with E-state index in [1.165, 1.54) is 0 Å². The second-order valence-corrected chi connectivity index (χ2v) is 5.98. The maximum atomic E-state index is 12.9. The number of methoxy groups -OCH3 is 1. The number of benzene rings is 2. The van der Waals surface area contributed by atoms with Gasteiger partial charge in [0.2, 0.25) is 5.91 Å². The molecule has 23 heavy (non-hydrogen) atoms. The predicted molar refractivity (Wildman–Crippen MR) is 90.8 cm³/mol. The van der Waals surface area contributed by atoms with E-state index in [1.807, 2.05) is 48.7 Å². The molecule has 0 atom stereocenters. The van der Waals surface area contributed by atoms with E-state index in [0.29, 0.717) is 11.4 Å². The van der Waals surface area contributed by atoms with Gasteiger partial charge in [-0.15, -0.1) is 0 Å². The first-order valence-electron chi connectivity index (χ1n) is 7.76. The number of aromatic amines is 1. The minimum absolute atomic E-state index is 0.0340. The summed E-state index contributed by atoms with van der Waals surface area (Å²) >= 11 is 0. The van der Waals surface area contributed by atoms with Gasteiger partial charge in [0.25, 0.3) is 0 Å². The van der Waals surface area contributed by atoms with Crippen LogP contribution in [0.3, 0.4) is 0 Å². The number of nitrogens with one attached hydrogen (secondary N) is 2. The number of carbonyl (C=O) groups is 1. The lowest BCUT2D eigenvalue weighted by Crippen LogP contribution is -2.27. The largest absolute Gasteiger partial charge is 0.495 e. The van der Waals surface area contributed by atoms with Gasteiger partial charge in [-0.25, -0.2) is 0 Å². The van der Waals surface area contributed by atoms with Crippen molar-refractivity contribution in [3.63, 3.8) is 0 Å².